The maximum atomic E-state index is 13.1. The molecular formula is C20H17ClF3N3OS. The molecule has 3 rings (SSSR count). The lowest BCUT2D eigenvalue weighted by atomic mass is 10.1. The minimum Gasteiger partial charge on any atom is -0.325 e. The Labute approximate surface area is 175 Å². The third-order valence-corrected chi connectivity index (χ3v) is 5.74. The van der Waals surface area contributed by atoms with E-state index < -0.39 is 22.9 Å². The zero-order valence-corrected chi connectivity index (χ0v) is 17.1. The summed E-state index contributed by atoms with van der Waals surface area (Å²) in [6.45, 7) is 3.48. The van der Waals surface area contributed by atoms with Gasteiger partial charge in [-0.1, -0.05) is 41.6 Å². The standard InChI is InChI=1S/C20H17ClF3N3OS/c1-12-15(21)7-5-9-17(12)27-11-10-25-19(27)29-13(2)18(28)26-16-8-4-3-6-14(16)20(22,23)24/h3-11,13H,1-2H3,(H,26,28). The zero-order chi connectivity index (χ0) is 21.2. The first-order chi connectivity index (χ1) is 13.7. The summed E-state index contributed by atoms with van der Waals surface area (Å²) in [5.41, 5.74) is 0.505. The summed E-state index contributed by atoms with van der Waals surface area (Å²) in [6.07, 6.45) is -1.22. The molecule has 2 aromatic carbocycles. The summed E-state index contributed by atoms with van der Waals surface area (Å²) >= 11 is 7.33. The first-order valence-electron chi connectivity index (χ1n) is 8.61. The summed E-state index contributed by atoms with van der Waals surface area (Å²) in [5, 5.41) is 2.82. The van der Waals surface area contributed by atoms with E-state index in [1.807, 2.05) is 19.1 Å². The van der Waals surface area contributed by atoms with Gasteiger partial charge in [0.15, 0.2) is 5.16 Å². The van der Waals surface area contributed by atoms with Crippen molar-refractivity contribution in [3.63, 3.8) is 0 Å². The Kier molecular flexibility index (Phi) is 6.24. The number of halogens is 4. The second kappa shape index (κ2) is 8.51. The van der Waals surface area contributed by atoms with E-state index in [2.05, 4.69) is 10.3 Å². The SMILES string of the molecule is Cc1c(Cl)cccc1-n1ccnc1SC(C)C(=O)Nc1ccccc1C(F)(F)F. The number of para-hydroxylation sites is 1. The molecule has 0 saturated carbocycles. The minimum absolute atomic E-state index is 0.272. The Morgan fingerprint density at radius 2 is 1.93 bits per heavy atom. The summed E-state index contributed by atoms with van der Waals surface area (Å²) in [5.74, 6) is -0.552. The summed E-state index contributed by atoms with van der Waals surface area (Å²) < 4.78 is 41.2. The number of amides is 1. The second-order valence-corrected chi connectivity index (χ2v) is 7.97. The van der Waals surface area contributed by atoms with Gasteiger partial charge >= 0.3 is 6.18 Å². The number of nitrogens with one attached hydrogen (secondary N) is 1. The van der Waals surface area contributed by atoms with Crippen LogP contribution >= 0.6 is 23.4 Å². The summed E-state index contributed by atoms with van der Waals surface area (Å²) in [6, 6.07) is 10.3. The predicted octanol–water partition coefficient (Wildman–Crippen LogP) is 5.97. The third kappa shape index (κ3) is 4.76. The highest BCUT2D eigenvalue weighted by atomic mass is 35.5. The Bertz CT molecular complexity index is 1040. The van der Waals surface area contributed by atoms with Crippen LogP contribution in [-0.4, -0.2) is 20.7 Å². The lowest BCUT2D eigenvalue weighted by Crippen LogP contribution is -2.24. The van der Waals surface area contributed by atoms with Crippen LogP contribution in [0.3, 0.4) is 0 Å². The number of carbonyl (C=O) groups excluding carboxylic acids is 1. The van der Waals surface area contributed by atoms with Gasteiger partial charge in [0.2, 0.25) is 5.91 Å². The van der Waals surface area contributed by atoms with E-state index in [0.717, 1.165) is 29.1 Å². The molecule has 0 radical (unpaired) electrons. The molecule has 0 aliphatic heterocycles. The topological polar surface area (TPSA) is 46.9 Å². The normalized spacial score (nSPS) is 12.6. The number of alkyl halides is 3. The number of hydrogen-bond acceptors (Lipinski definition) is 3. The molecule has 0 bridgehead atoms. The fourth-order valence-corrected chi connectivity index (χ4v) is 3.75. The molecule has 152 valence electrons. The van der Waals surface area contributed by atoms with Crippen molar-refractivity contribution in [3.05, 3.63) is 71.0 Å². The summed E-state index contributed by atoms with van der Waals surface area (Å²) in [4.78, 5) is 16.8. The maximum absolute atomic E-state index is 13.1. The number of benzene rings is 2. The molecule has 1 heterocycles. The Morgan fingerprint density at radius 3 is 2.66 bits per heavy atom. The average Bonchev–Trinajstić information content (AvgIpc) is 3.11. The lowest BCUT2D eigenvalue weighted by Gasteiger charge is -2.17. The maximum Gasteiger partial charge on any atom is 0.418 e. The Morgan fingerprint density at radius 1 is 1.21 bits per heavy atom. The Hall–Kier alpha value is -2.45. The number of imidazole rings is 1. The van der Waals surface area contributed by atoms with Crippen molar-refractivity contribution in [1.29, 1.82) is 0 Å². The molecular weight excluding hydrogens is 423 g/mol. The van der Waals surface area contributed by atoms with Crippen molar-refractivity contribution in [2.45, 2.75) is 30.4 Å². The number of hydrogen-bond donors (Lipinski definition) is 1. The fourth-order valence-electron chi connectivity index (χ4n) is 2.70. The van der Waals surface area contributed by atoms with Crippen LogP contribution in [0.15, 0.2) is 60.0 Å². The molecule has 0 saturated heterocycles. The van der Waals surface area contributed by atoms with Gasteiger partial charge in [0.25, 0.3) is 0 Å². The van der Waals surface area contributed by atoms with Gasteiger partial charge in [0.05, 0.1) is 22.2 Å². The number of anilines is 1. The van der Waals surface area contributed by atoms with Crippen molar-refractivity contribution in [3.8, 4) is 5.69 Å². The fraction of sp³-hybridized carbons (Fsp3) is 0.200. The van der Waals surface area contributed by atoms with Gasteiger partial charge < -0.3 is 5.32 Å². The zero-order valence-electron chi connectivity index (χ0n) is 15.5. The monoisotopic (exact) mass is 439 g/mol. The number of carbonyl (C=O) groups is 1. The van der Waals surface area contributed by atoms with Gasteiger partial charge in [-0.2, -0.15) is 13.2 Å². The average molecular weight is 440 g/mol. The number of thioether (sulfide) groups is 1. The largest absolute Gasteiger partial charge is 0.418 e. The van der Waals surface area contributed by atoms with Gasteiger partial charge in [-0.3, -0.25) is 9.36 Å². The van der Waals surface area contributed by atoms with Crippen molar-refractivity contribution < 1.29 is 18.0 Å². The number of rotatable bonds is 5. The molecule has 1 N–H and O–H groups in total. The molecule has 1 aromatic heterocycles. The first-order valence-corrected chi connectivity index (χ1v) is 9.87. The van der Waals surface area contributed by atoms with Crippen molar-refractivity contribution in [2.24, 2.45) is 0 Å². The van der Waals surface area contributed by atoms with Crippen LogP contribution in [0.25, 0.3) is 5.69 Å². The first kappa shape index (κ1) is 21.3. The predicted molar refractivity (Wildman–Crippen MR) is 109 cm³/mol. The molecule has 1 amide bonds. The summed E-state index contributed by atoms with van der Waals surface area (Å²) in [7, 11) is 0. The lowest BCUT2D eigenvalue weighted by molar-refractivity contribution is -0.137. The van der Waals surface area contributed by atoms with E-state index in [9.17, 15) is 18.0 Å². The van der Waals surface area contributed by atoms with Crippen LogP contribution in [-0.2, 0) is 11.0 Å². The molecule has 9 heteroatoms. The van der Waals surface area contributed by atoms with Crippen LogP contribution in [0, 0.1) is 6.92 Å². The molecule has 1 unspecified atom stereocenters. The van der Waals surface area contributed by atoms with Crippen molar-refractivity contribution >= 4 is 35.0 Å². The quantitative estimate of drug-likeness (QED) is 0.498. The van der Waals surface area contributed by atoms with Crippen LogP contribution in [0.4, 0.5) is 18.9 Å². The van der Waals surface area contributed by atoms with Gasteiger partial charge in [0, 0.05) is 17.4 Å². The highest BCUT2D eigenvalue weighted by Crippen LogP contribution is 2.35. The molecule has 0 aliphatic carbocycles. The van der Waals surface area contributed by atoms with E-state index >= 15 is 0 Å². The molecule has 0 fully saturated rings. The Balaban J connectivity index is 1.79. The molecule has 0 aliphatic rings. The van der Waals surface area contributed by atoms with Gasteiger partial charge in [-0.15, -0.1) is 0 Å². The molecule has 4 nitrogen and oxygen atoms in total. The van der Waals surface area contributed by atoms with Gasteiger partial charge in [-0.05, 0) is 43.7 Å². The third-order valence-electron chi connectivity index (χ3n) is 4.25. The number of nitrogens with zero attached hydrogens (tertiary/aromatic N) is 2. The van der Waals surface area contributed by atoms with E-state index in [1.165, 1.54) is 18.2 Å². The molecule has 0 spiro atoms. The van der Waals surface area contributed by atoms with Crippen LogP contribution < -0.4 is 5.32 Å². The second-order valence-electron chi connectivity index (χ2n) is 6.26. The highest BCUT2D eigenvalue weighted by molar-refractivity contribution is 8.00. The smallest absolute Gasteiger partial charge is 0.325 e. The molecule has 29 heavy (non-hydrogen) atoms. The van der Waals surface area contributed by atoms with E-state index in [0.29, 0.717) is 10.2 Å². The van der Waals surface area contributed by atoms with Crippen LogP contribution in [0.2, 0.25) is 5.02 Å². The molecule has 1 atom stereocenters. The molecule has 3 aromatic rings. The van der Waals surface area contributed by atoms with E-state index in [1.54, 1.807) is 30.0 Å². The van der Waals surface area contributed by atoms with E-state index in [-0.39, 0.29) is 5.69 Å². The van der Waals surface area contributed by atoms with Crippen LogP contribution in [0.5, 0.6) is 0 Å². The minimum atomic E-state index is -4.55. The van der Waals surface area contributed by atoms with Crippen molar-refractivity contribution in [2.75, 3.05) is 5.32 Å². The van der Waals surface area contributed by atoms with E-state index in [4.69, 9.17) is 11.6 Å². The van der Waals surface area contributed by atoms with Gasteiger partial charge in [0.1, 0.15) is 0 Å². The highest BCUT2D eigenvalue weighted by Gasteiger charge is 2.34. The van der Waals surface area contributed by atoms with Crippen molar-refractivity contribution in [1.82, 2.24) is 9.55 Å². The van der Waals surface area contributed by atoms with Crippen LogP contribution in [0.1, 0.15) is 18.1 Å². The number of aromatic nitrogens is 2. The van der Waals surface area contributed by atoms with Gasteiger partial charge in [-0.25, -0.2) is 4.98 Å².